The Morgan fingerprint density at radius 2 is 1.90 bits per heavy atom. The molecule has 1 fully saturated rings. The van der Waals surface area contributed by atoms with Gasteiger partial charge in [0, 0.05) is 31.3 Å². The van der Waals surface area contributed by atoms with Crippen LogP contribution in [0.5, 0.6) is 0 Å². The second-order valence-corrected chi connectivity index (χ2v) is 8.48. The average molecular weight is 416 g/mol. The molecule has 0 unspecified atom stereocenters. The molecule has 0 spiro atoms. The first-order valence-electron chi connectivity index (χ1n) is 9.05. The lowest BCUT2D eigenvalue weighted by molar-refractivity contribution is -0.587. The fourth-order valence-corrected chi connectivity index (χ4v) is 4.46. The molecule has 2 aromatic rings. The van der Waals surface area contributed by atoms with Crippen LogP contribution < -0.4 is 9.88 Å². The van der Waals surface area contributed by atoms with Crippen LogP contribution in [-0.2, 0) is 26.2 Å². The van der Waals surface area contributed by atoms with Gasteiger partial charge in [0.2, 0.25) is 15.9 Å². The van der Waals surface area contributed by atoms with Crippen molar-refractivity contribution < 1.29 is 27.3 Å². The monoisotopic (exact) mass is 416 g/mol. The summed E-state index contributed by atoms with van der Waals surface area (Å²) in [6, 6.07) is 11.7. The molecule has 2 heterocycles. The zero-order valence-electron chi connectivity index (χ0n) is 15.7. The van der Waals surface area contributed by atoms with E-state index < -0.39 is 16.1 Å². The van der Waals surface area contributed by atoms with E-state index in [1.54, 1.807) is 0 Å². The molecular formula is C20H22N3O5S+. The van der Waals surface area contributed by atoms with Crippen LogP contribution in [0.15, 0.2) is 72.4 Å². The highest BCUT2D eigenvalue weighted by molar-refractivity contribution is 7.89. The van der Waals surface area contributed by atoms with Crippen molar-refractivity contribution in [2.24, 2.45) is 0 Å². The first kappa shape index (κ1) is 20.7. The van der Waals surface area contributed by atoms with Gasteiger partial charge in [-0.15, -0.1) is 0 Å². The van der Waals surface area contributed by atoms with Gasteiger partial charge >= 0.3 is 6.09 Å². The molecule has 3 rings (SSSR count). The predicted octanol–water partition coefficient (Wildman–Crippen LogP) is 1.22. The summed E-state index contributed by atoms with van der Waals surface area (Å²) in [5.41, 5.74) is 0.854. The van der Waals surface area contributed by atoms with E-state index in [-0.39, 0.29) is 30.0 Å². The number of nitrogens with zero attached hydrogens (tertiary/aromatic N) is 2. The summed E-state index contributed by atoms with van der Waals surface area (Å²) in [6.45, 7) is 4.00. The molecule has 9 heteroatoms. The van der Waals surface area contributed by atoms with Gasteiger partial charge in [0.15, 0.2) is 12.4 Å². The molecule has 1 atom stereocenters. The van der Waals surface area contributed by atoms with Crippen molar-refractivity contribution in [3.63, 3.8) is 0 Å². The predicted molar refractivity (Wildman–Crippen MR) is 104 cm³/mol. The normalized spacial score (nSPS) is 16.9. The third kappa shape index (κ3) is 5.07. The Balaban J connectivity index is 1.62. The Morgan fingerprint density at radius 1 is 1.21 bits per heavy atom. The number of nitrogens with one attached hydrogen (secondary N) is 1. The van der Waals surface area contributed by atoms with Crippen LogP contribution in [0.1, 0.15) is 12.0 Å². The Bertz CT molecular complexity index is 991. The molecular weight excluding hydrogens is 394 g/mol. The number of hydrogen-bond acceptors (Lipinski definition) is 5. The van der Waals surface area contributed by atoms with E-state index in [9.17, 15) is 18.0 Å². The summed E-state index contributed by atoms with van der Waals surface area (Å²) < 4.78 is 33.3. The van der Waals surface area contributed by atoms with Crippen LogP contribution >= 0.6 is 0 Å². The fourth-order valence-electron chi connectivity index (χ4n) is 2.97. The number of pyridine rings is 1. The summed E-state index contributed by atoms with van der Waals surface area (Å²) in [6.07, 6.45) is 3.79. The number of benzene rings is 1. The van der Waals surface area contributed by atoms with Gasteiger partial charge in [-0.05, 0) is 18.1 Å². The minimum Gasteiger partial charge on any atom is -0.407 e. The lowest BCUT2D eigenvalue weighted by Gasteiger charge is -2.16. The van der Waals surface area contributed by atoms with Gasteiger partial charge in [0.25, 0.3) is 0 Å². The zero-order chi connectivity index (χ0) is 20.9. The molecule has 0 saturated carbocycles. The van der Waals surface area contributed by atoms with Crippen LogP contribution in [0.25, 0.3) is 0 Å². The van der Waals surface area contributed by atoms with E-state index in [4.69, 9.17) is 4.74 Å². The van der Waals surface area contributed by atoms with Crippen LogP contribution in [0.3, 0.4) is 0 Å². The topological polar surface area (TPSA) is 96.7 Å². The smallest absolute Gasteiger partial charge is 0.407 e. The van der Waals surface area contributed by atoms with E-state index in [1.165, 1.54) is 33.4 Å². The van der Waals surface area contributed by atoms with Gasteiger partial charge in [-0.25, -0.2) is 8.42 Å². The Kier molecular flexibility index (Phi) is 6.40. The maximum atomic E-state index is 12.8. The molecule has 1 aliphatic heterocycles. The van der Waals surface area contributed by atoms with Crippen molar-refractivity contribution in [2.75, 3.05) is 13.1 Å². The van der Waals surface area contributed by atoms with Crippen LogP contribution in [0, 0.1) is 0 Å². The molecule has 1 aromatic heterocycles. The number of rotatable bonds is 6. The average Bonchev–Trinajstić information content (AvgIpc) is 3.22. The maximum Gasteiger partial charge on any atom is 0.602 e. The van der Waals surface area contributed by atoms with Gasteiger partial charge in [0.05, 0.1) is 4.90 Å². The number of aromatic nitrogens is 1. The third-order valence-corrected chi connectivity index (χ3v) is 6.41. The van der Waals surface area contributed by atoms with Crippen LogP contribution in [-0.4, -0.2) is 43.9 Å². The number of hydrogen-bond donors (Lipinski definition) is 1. The molecule has 1 N–H and O–H groups in total. The highest BCUT2D eigenvalue weighted by Crippen LogP contribution is 2.20. The summed E-state index contributed by atoms with van der Waals surface area (Å²) in [5, 5.41) is 2.71. The number of sulfonamides is 1. The van der Waals surface area contributed by atoms with E-state index in [2.05, 4.69) is 11.9 Å². The number of amides is 1. The number of carbonyl (C=O) groups is 2. The van der Waals surface area contributed by atoms with Gasteiger partial charge in [0.1, 0.15) is 6.61 Å². The largest absolute Gasteiger partial charge is 0.602 e. The van der Waals surface area contributed by atoms with Crippen molar-refractivity contribution in [1.29, 1.82) is 0 Å². The molecule has 8 nitrogen and oxygen atoms in total. The number of ether oxygens (including phenoxy) is 1. The Morgan fingerprint density at radius 3 is 2.55 bits per heavy atom. The number of carbonyl (C=O) groups excluding carboxylic acids is 2. The SMILES string of the molecule is C=CC(=O)N[C@H]1CCN(S(=O)(=O)c2cc[n+](C(=O)OCc3ccccc3)cc2)C1. The first-order chi connectivity index (χ1) is 13.9. The fraction of sp³-hybridized carbons (Fsp3) is 0.250. The van der Waals surface area contributed by atoms with E-state index in [0.29, 0.717) is 13.0 Å². The molecule has 1 aliphatic rings. The Labute approximate surface area is 169 Å². The molecule has 1 amide bonds. The second kappa shape index (κ2) is 8.97. The lowest BCUT2D eigenvalue weighted by Crippen LogP contribution is -2.43. The van der Waals surface area contributed by atoms with Crippen LogP contribution in [0.2, 0.25) is 0 Å². The van der Waals surface area contributed by atoms with Gasteiger partial charge in [-0.1, -0.05) is 41.5 Å². The minimum absolute atomic E-state index is 0.0697. The van der Waals surface area contributed by atoms with Crippen molar-refractivity contribution >= 4 is 22.0 Å². The summed E-state index contributed by atoms with van der Waals surface area (Å²) in [7, 11) is -3.72. The second-order valence-electron chi connectivity index (χ2n) is 6.54. The molecule has 0 bridgehead atoms. The van der Waals surface area contributed by atoms with Gasteiger partial charge in [-0.2, -0.15) is 9.10 Å². The zero-order valence-corrected chi connectivity index (χ0v) is 16.5. The summed E-state index contributed by atoms with van der Waals surface area (Å²) in [5.74, 6) is -0.330. The molecule has 0 radical (unpaired) electrons. The van der Waals surface area contributed by atoms with Crippen molar-refractivity contribution in [1.82, 2.24) is 9.62 Å². The third-order valence-electron chi connectivity index (χ3n) is 4.54. The van der Waals surface area contributed by atoms with Crippen LogP contribution in [0.4, 0.5) is 4.79 Å². The van der Waals surface area contributed by atoms with E-state index in [0.717, 1.165) is 11.6 Å². The standard InChI is InChI=1S/C20H21N3O5S/c1-2-19(24)21-17-8-13-23(14-17)29(26,27)18-9-11-22(12-10-18)20(25)28-15-16-6-4-3-5-7-16/h2-7,9-12,17H,1,8,13-15H2/p+1/t17-/m0/s1. The minimum atomic E-state index is -3.72. The maximum absolute atomic E-state index is 12.8. The lowest BCUT2D eigenvalue weighted by atomic mass is 10.2. The van der Waals surface area contributed by atoms with E-state index >= 15 is 0 Å². The van der Waals surface area contributed by atoms with Gasteiger partial charge < -0.3 is 10.1 Å². The first-order valence-corrected chi connectivity index (χ1v) is 10.5. The summed E-state index contributed by atoms with van der Waals surface area (Å²) >= 11 is 0. The molecule has 0 aliphatic carbocycles. The van der Waals surface area contributed by atoms with Crippen molar-refractivity contribution in [3.05, 3.63) is 73.1 Å². The van der Waals surface area contributed by atoms with Gasteiger partial charge in [-0.3, -0.25) is 4.79 Å². The molecule has 152 valence electrons. The Hall–Kier alpha value is -3.04. The molecule has 29 heavy (non-hydrogen) atoms. The summed E-state index contributed by atoms with van der Waals surface area (Å²) in [4.78, 5) is 23.6. The van der Waals surface area contributed by atoms with Crippen molar-refractivity contribution in [3.8, 4) is 0 Å². The van der Waals surface area contributed by atoms with E-state index in [1.807, 2.05) is 30.3 Å². The quantitative estimate of drug-likeness (QED) is 0.564. The molecule has 1 aromatic carbocycles. The highest BCUT2D eigenvalue weighted by Gasteiger charge is 2.33. The van der Waals surface area contributed by atoms with Crippen molar-refractivity contribution in [2.45, 2.75) is 24.0 Å². The highest BCUT2D eigenvalue weighted by atomic mass is 32.2. The molecule has 1 saturated heterocycles.